The topological polar surface area (TPSA) is 40.5 Å². The highest BCUT2D eigenvalue weighted by molar-refractivity contribution is 5.03. The average Bonchev–Trinajstić information content (AvgIpc) is 1.64. The summed E-state index contributed by atoms with van der Waals surface area (Å²) in [4.78, 5) is 0. The Bertz CT molecular complexity index is 91.1. The van der Waals surface area contributed by atoms with Crippen molar-refractivity contribution < 1.29 is 10.2 Å². The van der Waals surface area contributed by atoms with E-state index in [4.69, 9.17) is 0 Å². The summed E-state index contributed by atoms with van der Waals surface area (Å²) in [5, 5.41) is 18.4. The van der Waals surface area contributed by atoms with Crippen LogP contribution >= 0.6 is 0 Å². The molecule has 0 aromatic heterocycles. The lowest BCUT2D eigenvalue weighted by Gasteiger charge is -2.48. The third kappa shape index (κ3) is 0.565. The van der Waals surface area contributed by atoms with Crippen molar-refractivity contribution in [3.8, 4) is 0 Å². The summed E-state index contributed by atoms with van der Waals surface area (Å²) >= 11 is 0. The SMILES string of the molecule is CC1(O)CCC1(C)O. The molecule has 2 N–H and O–H groups in total. The van der Waals surface area contributed by atoms with Crippen LogP contribution in [0.5, 0.6) is 0 Å². The van der Waals surface area contributed by atoms with E-state index in [0.717, 1.165) is 12.8 Å². The maximum Gasteiger partial charge on any atom is 0.0903 e. The average molecular weight is 116 g/mol. The van der Waals surface area contributed by atoms with Crippen molar-refractivity contribution in [3.05, 3.63) is 0 Å². The maximum atomic E-state index is 9.19. The second-order valence-electron chi connectivity index (χ2n) is 3.05. The maximum absolute atomic E-state index is 9.19. The van der Waals surface area contributed by atoms with Gasteiger partial charge in [-0.25, -0.2) is 0 Å². The zero-order chi connectivity index (χ0) is 6.41. The van der Waals surface area contributed by atoms with Gasteiger partial charge in [-0.1, -0.05) is 0 Å². The van der Waals surface area contributed by atoms with Crippen molar-refractivity contribution in [2.75, 3.05) is 0 Å². The van der Waals surface area contributed by atoms with Gasteiger partial charge in [-0.15, -0.1) is 0 Å². The van der Waals surface area contributed by atoms with Crippen LogP contribution in [0, 0.1) is 0 Å². The molecule has 0 aromatic rings. The van der Waals surface area contributed by atoms with Gasteiger partial charge < -0.3 is 10.2 Å². The number of hydrogen-bond acceptors (Lipinski definition) is 2. The summed E-state index contributed by atoms with van der Waals surface area (Å²) in [5.41, 5.74) is -1.65. The predicted molar refractivity (Wildman–Crippen MR) is 30.5 cm³/mol. The quantitative estimate of drug-likeness (QED) is 0.477. The molecule has 1 aliphatic rings. The zero-order valence-electron chi connectivity index (χ0n) is 5.31. The molecular weight excluding hydrogens is 104 g/mol. The van der Waals surface area contributed by atoms with Crippen LogP contribution in [0.1, 0.15) is 26.7 Å². The molecule has 0 radical (unpaired) electrons. The van der Waals surface area contributed by atoms with Crippen molar-refractivity contribution in [2.45, 2.75) is 37.9 Å². The van der Waals surface area contributed by atoms with Crippen molar-refractivity contribution in [1.29, 1.82) is 0 Å². The summed E-state index contributed by atoms with van der Waals surface area (Å²) in [6.45, 7) is 3.33. The standard InChI is InChI=1S/C6H12O2/c1-5(7)3-4-6(5,2)8/h7-8H,3-4H2,1-2H3. The lowest BCUT2D eigenvalue weighted by atomic mass is 9.68. The Balaban J connectivity index is 2.63. The Kier molecular flexibility index (Phi) is 0.946. The van der Waals surface area contributed by atoms with Gasteiger partial charge >= 0.3 is 0 Å². The van der Waals surface area contributed by atoms with Gasteiger partial charge in [0.05, 0.1) is 11.2 Å². The third-order valence-corrected chi connectivity index (χ3v) is 2.26. The zero-order valence-corrected chi connectivity index (χ0v) is 5.31. The largest absolute Gasteiger partial charge is 0.387 e. The molecule has 1 fully saturated rings. The van der Waals surface area contributed by atoms with Crippen LogP contribution in [0.2, 0.25) is 0 Å². The van der Waals surface area contributed by atoms with Crippen LogP contribution in [-0.4, -0.2) is 21.4 Å². The minimum absolute atomic E-state index is 0.722. The Hall–Kier alpha value is -0.0800. The normalized spacial score (nSPS) is 55.5. The van der Waals surface area contributed by atoms with Crippen LogP contribution in [0.3, 0.4) is 0 Å². The van der Waals surface area contributed by atoms with Gasteiger partial charge in [-0.05, 0) is 26.7 Å². The van der Waals surface area contributed by atoms with Gasteiger partial charge in [-0.2, -0.15) is 0 Å². The minimum Gasteiger partial charge on any atom is -0.387 e. The molecule has 0 saturated heterocycles. The van der Waals surface area contributed by atoms with E-state index in [1.807, 2.05) is 0 Å². The molecule has 0 aromatic carbocycles. The van der Waals surface area contributed by atoms with Crippen molar-refractivity contribution in [2.24, 2.45) is 0 Å². The van der Waals surface area contributed by atoms with Gasteiger partial charge in [0, 0.05) is 0 Å². The molecule has 8 heavy (non-hydrogen) atoms. The molecule has 2 unspecified atom stereocenters. The summed E-state index contributed by atoms with van der Waals surface area (Å²) in [6.07, 6.45) is 1.44. The smallest absolute Gasteiger partial charge is 0.0903 e. The van der Waals surface area contributed by atoms with Crippen molar-refractivity contribution >= 4 is 0 Å². The summed E-state index contributed by atoms with van der Waals surface area (Å²) in [6, 6.07) is 0. The molecule has 1 rings (SSSR count). The van der Waals surface area contributed by atoms with Crippen LogP contribution in [0.25, 0.3) is 0 Å². The molecule has 0 spiro atoms. The molecule has 0 aliphatic heterocycles. The first kappa shape index (κ1) is 6.05. The molecule has 2 heteroatoms. The molecule has 0 bridgehead atoms. The second kappa shape index (κ2) is 1.25. The van der Waals surface area contributed by atoms with E-state index in [2.05, 4.69) is 0 Å². The fourth-order valence-electron chi connectivity index (χ4n) is 0.849. The first-order valence-corrected chi connectivity index (χ1v) is 2.90. The molecule has 48 valence electrons. The highest BCUT2D eigenvalue weighted by atomic mass is 16.4. The van der Waals surface area contributed by atoms with Crippen LogP contribution < -0.4 is 0 Å². The monoisotopic (exact) mass is 116 g/mol. The third-order valence-electron chi connectivity index (χ3n) is 2.26. The van der Waals surface area contributed by atoms with Gasteiger partial charge in [0.15, 0.2) is 0 Å². The minimum atomic E-state index is -0.826. The van der Waals surface area contributed by atoms with E-state index in [1.165, 1.54) is 0 Å². The van der Waals surface area contributed by atoms with Gasteiger partial charge in [-0.3, -0.25) is 0 Å². The highest BCUT2D eigenvalue weighted by Crippen LogP contribution is 2.41. The Morgan fingerprint density at radius 1 is 1.00 bits per heavy atom. The van der Waals surface area contributed by atoms with Crippen LogP contribution in [-0.2, 0) is 0 Å². The molecule has 2 atom stereocenters. The second-order valence-corrected chi connectivity index (χ2v) is 3.05. The summed E-state index contributed by atoms with van der Waals surface area (Å²) < 4.78 is 0. The number of aliphatic hydroxyl groups is 2. The first-order valence-electron chi connectivity index (χ1n) is 2.90. The van der Waals surface area contributed by atoms with Crippen molar-refractivity contribution in [1.82, 2.24) is 0 Å². The van der Waals surface area contributed by atoms with Crippen molar-refractivity contribution in [3.63, 3.8) is 0 Å². The fraction of sp³-hybridized carbons (Fsp3) is 1.00. The number of rotatable bonds is 0. The molecule has 0 amide bonds. The lowest BCUT2D eigenvalue weighted by molar-refractivity contribution is -0.200. The van der Waals surface area contributed by atoms with Crippen LogP contribution in [0.15, 0.2) is 0 Å². The Labute approximate surface area is 49.1 Å². The molecule has 1 aliphatic carbocycles. The lowest BCUT2D eigenvalue weighted by Crippen LogP contribution is -2.58. The highest BCUT2D eigenvalue weighted by Gasteiger charge is 2.50. The number of hydrogen-bond donors (Lipinski definition) is 2. The van der Waals surface area contributed by atoms with Gasteiger partial charge in [0.1, 0.15) is 0 Å². The Morgan fingerprint density at radius 2 is 1.25 bits per heavy atom. The summed E-state index contributed by atoms with van der Waals surface area (Å²) in [7, 11) is 0. The molecule has 0 heterocycles. The molecule has 1 saturated carbocycles. The fourth-order valence-corrected chi connectivity index (χ4v) is 0.849. The Morgan fingerprint density at radius 3 is 1.25 bits per heavy atom. The molecule has 2 nitrogen and oxygen atoms in total. The van der Waals surface area contributed by atoms with Gasteiger partial charge in [0.25, 0.3) is 0 Å². The van der Waals surface area contributed by atoms with E-state index in [-0.39, 0.29) is 0 Å². The molecular formula is C6H12O2. The predicted octanol–water partition coefficient (Wildman–Crippen LogP) is 0.282. The van der Waals surface area contributed by atoms with Gasteiger partial charge in [0.2, 0.25) is 0 Å². The van der Waals surface area contributed by atoms with E-state index in [9.17, 15) is 10.2 Å². The van der Waals surface area contributed by atoms with E-state index in [0.29, 0.717) is 0 Å². The van der Waals surface area contributed by atoms with Crippen LogP contribution in [0.4, 0.5) is 0 Å². The summed E-state index contributed by atoms with van der Waals surface area (Å²) in [5.74, 6) is 0. The van der Waals surface area contributed by atoms with E-state index < -0.39 is 11.2 Å². The van der Waals surface area contributed by atoms with E-state index in [1.54, 1.807) is 13.8 Å². The first-order chi connectivity index (χ1) is 3.46. The van der Waals surface area contributed by atoms with E-state index >= 15 is 0 Å².